The van der Waals surface area contributed by atoms with E-state index in [1.165, 1.54) is 0 Å². The molecule has 1 atom stereocenters. The maximum atomic E-state index is 13.1. The average Bonchev–Trinajstić information content (AvgIpc) is 3.09. The molecule has 0 radical (unpaired) electrons. The van der Waals surface area contributed by atoms with Crippen LogP contribution in [-0.2, 0) is 39.8 Å². The Labute approximate surface area is 222 Å². The lowest BCUT2D eigenvalue weighted by molar-refractivity contribution is -0.156. The summed E-state index contributed by atoms with van der Waals surface area (Å²) in [6, 6.07) is 4.12. The number of amides is 4. The minimum absolute atomic E-state index is 0.0822. The SMILES string of the molecule is CC(C)(C)OC(=O)CCOCCOCCOCCCc1cccc2c1C(=O)N(C1CCC(=O)NC1=O)C2=O. The summed E-state index contributed by atoms with van der Waals surface area (Å²) >= 11 is 0. The van der Waals surface area contributed by atoms with E-state index in [-0.39, 0.29) is 37.4 Å². The first-order valence-electron chi connectivity index (χ1n) is 12.9. The molecule has 4 amide bonds. The van der Waals surface area contributed by atoms with Gasteiger partial charge in [0, 0.05) is 13.0 Å². The van der Waals surface area contributed by atoms with Crippen molar-refractivity contribution in [3.05, 3.63) is 34.9 Å². The molecule has 1 N–H and O–H groups in total. The summed E-state index contributed by atoms with van der Waals surface area (Å²) in [5, 5.41) is 2.20. The highest BCUT2D eigenvalue weighted by atomic mass is 16.6. The third-order valence-electron chi connectivity index (χ3n) is 5.90. The largest absolute Gasteiger partial charge is 0.460 e. The molecule has 2 aliphatic heterocycles. The number of fused-ring (bicyclic) bond motifs is 1. The molecule has 208 valence electrons. The number of piperidine rings is 1. The summed E-state index contributed by atoms with van der Waals surface area (Å²) in [6.45, 7) is 7.70. The van der Waals surface area contributed by atoms with Crippen LogP contribution in [0.15, 0.2) is 18.2 Å². The van der Waals surface area contributed by atoms with Crippen LogP contribution in [0.25, 0.3) is 0 Å². The van der Waals surface area contributed by atoms with E-state index in [9.17, 15) is 24.0 Å². The number of nitrogens with one attached hydrogen (secondary N) is 1. The molecule has 0 aromatic heterocycles. The van der Waals surface area contributed by atoms with Gasteiger partial charge in [0.25, 0.3) is 11.8 Å². The number of rotatable bonds is 14. The predicted molar refractivity (Wildman–Crippen MR) is 134 cm³/mol. The zero-order valence-electron chi connectivity index (χ0n) is 22.2. The van der Waals surface area contributed by atoms with Crippen molar-refractivity contribution in [1.29, 1.82) is 0 Å². The van der Waals surface area contributed by atoms with Gasteiger partial charge >= 0.3 is 5.97 Å². The fraction of sp³-hybridized carbons (Fsp3) is 0.593. The number of ether oxygens (including phenoxy) is 4. The molecule has 1 fully saturated rings. The summed E-state index contributed by atoms with van der Waals surface area (Å²) in [6.07, 6.45) is 1.56. The molecule has 0 spiro atoms. The van der Waals surface area contributed by atoms with Gasteiger partial charge in [0.1, 0.15) is 11.6 Å². The van der Waals surface area contributed by atoms with Crippen LogP contribution < -0.4 is 5.32 Å². The molecule has 1 saturated heterocycles. The van der Waals surface area contributed by atoms with Crippen molar-refractivity contribution in [3.8, 4) is 0 Å². The van der Waals surface area contributed by atoms with Crippen molar-refractivity contribution in [2.24, 2.45) is 0 Å². The molecule has 0 bridgehead atoms. The Morgan fingerprint density at radius 2 is 1.61 bits per heavy atom. The summed E-state index contributed by atoms with van der Waals surface area (Å²) < 4.78 is 21.6. The van der Waals surface area contributed by atoms with Crippen molar-refractivity contribution in [2.45, 2.75) is 64.5 Å². The van der Waals surface area contributed by atoms with Crippen molar-refractivity contribution < 1.29 is 42.9 Å². The van der Waals surface area contributed by atoms with Gasteiger partial charge in [-0.15, -0.1) is 0 Å². The molecular formula is C27H36N2O9. The zero-order chi connectivity index (χ0) is 27.7. The number of hydrogen-bond acceptors (Lipinski definition) is 9. The number of esters is 1. The van der Waals surface area contributed by atoms with Gasteiger partial charge in [-0.25, -0.2) is 0 Å². The van der Waals surface area contributed by atoms with Crippen molar-refractivity contribution in [3.63, 3.8) is 0 Å². The Morgan fingerprint density at radius 3 is 2.26 bits per heavy atom. The van der Waals surface area contributed by atoms with Crippen LogP contribution in [-0.4, -0.2) is 85.8 Å². The Hall–Kier alpha value is -3.15. The lowest BCUT2D eigenvalue weighted by Crippen LogP contribution is -2.54. The first kappa shape index (κ1) is 29.4. The van der Waals surface area contributed by atoms with E-state index in [4.69, 9.17) is 18.9 Å². The van der Waals surface area contributed by atoms with Crippen LogP contribution in [0.4, 0.5) is 0 Å². The monoisotopic (exact) mass is 532 g/mol. The van der Waals surface area contributed by atoms with Crippen LogP contribution in [0.5, 0.6) is 0 Å². The van der Waals surface area contributed by atoms with E-state index in [0.717, 1.165) is 10.5 Å². The summed E-state index contributed by atoms with van der Waals surface area (Å²) in [7, 11) is 0. The summed E-state index contributed by atoms with van der Waals surface area (Å²) in [5.41, 5.74) is 0.813. The Balaban J connectivity index is 1.31. The van der Waals surface area contributed by atoms with Crippen molar-refractivity contribution in [2.75, 3.05) is 39.6 Å². The number of aryl methyl sites for hydroxylation is 1. The second-order valence-corrected chi connectivity index (χ2v) is 10.1. The van der Waals surface area contributed by atoms with Gasteiger partial charge in [-0.05, 0) is 51.7 Å². The number of nitrogens with zero attached hydrogens (tertiary/aromatic N) is 1. The second-order valence-electron chi connectivity index (χ2n) is 10.1. The highest BCUT2D eigenvalue weighted by Crippen LogP contribution is 2.30. The number of carbonyl (C=O) groups excluding carboxylic acids is 5. The lowest BCUT2D eigenvalue weighted by atomic mass is 9.99. The van der Waals surface area contributed by atoms with E-state index in [0.29, 0.717) is 51.4 Å². The van der Waals surface area contributed by atoms with Crippen molar-refractivity contribution >= 4 is 29.6 Å². The van der Waals surface area contributed by atoms with E-state index in [2.05, 4.69) is 5.32 Å². The van der Waals surface area contributed by atoms with Crippen molar-refractivity contribution in [1.82, 2.24) is 10.2 Å². The highest BCUT2D eigenvalue weighted by molar-refractivity contribution is 6.24. The molecule has 11 heteroatoms. The van der Waals surface area contributed by atoms with Gasteiger partial charge in [0.05, 0.1) is 50.6 Å². The Kier molecular flexibility index (Phi) is 10.5. The smallest absolute Gasteiger partial charge is 0.308 e. The number of carbonyl (C=O) groups is 5. The topological polar surface area (TPSA) is 138 Å². The number of benzene rings is 1. The molecule has 1 aromatic rings. The molecule has 3 rings (SSSR count). The van der Waals surface area contributed by atoms with Gasteiger partial charge in [-0.3, -0.25) is 34.2 Å². The molecule has 1 unspecified atom stereocenters. The second kappa shape index (κ2) is 13.6. The Bertz CT molecular complexity index is 1050. The molecular weight excluding hydrogens is 496 g/mol. The molecule has 0 saturated carbocycles. The van der Waals surface area contributed by atoms with Gasteiger partial charge in [-0.2, -0.15) is 0 Å². The molecule has 0 aliphatic carbocycles. The fourth-order valence-corrected chi connectivity index (χ4v) is 4.25. The average molecular weight is 533 g/mol. The standard InChI is InChI=1S/C27H36N2O9/c1-27(2,3)38-22(31)11-13-36-15-17-37-16-14-35-12-5-7-18-6-4-8-19-23(18)26(34)29(25(19)33)20-9-10-21(30)28-24(20)32/h4,6,8,20H,5,7,9-17H2,1-3H3,(H,28,30,32). The predicted octanol–water partition coefficient (Wildman–Crippen LogP) is 1.80. The quantitative estimate of drug-likeness (QED) is 0.216. The molecule has 2 heterocycles. The van der Waals surface area contributed by atoms with Gasteiger partial charge < -0.3 is 18.9 Å². The van der Waals surface area contributed by atoms with Gasteiger partial charge in [0.2, 0.25) is 11.8 Å². The molecule has 11 nitrogen and oxygen atoms in total. The van der Waals surface area contributed by atoms with E-state index >= 15 is 0 Å². The first-order valence-corrected chi connectivity index (χ1v) is 12.9. The maximum absolute atomic E-state index is 13.1. The maximum Gasteiger partial charge on any atom is 0.308 e. The van der Waals surface area contributed by atoms with Crippen LogP contribution in [0, 0.1) is 0 Å². The van der Waals surface area contributed by atoms with Crippen LogP contribution in [0.1, 0.15) is 72.7 Å². The lowest BCUT2D eigenvalue weighted by Gasteiger charge is -2.27. The summed E-state index contributed by atoms with van der Waals surface area (Å²) in [5.74, 6) is -2.34. The van der Waals surface area contributed by atoms with Gasteiger partial charge in [-0.1, -0.05) is 12.1 Å². The number of imide groups is 2. The minimum atomic E-state index is -0.980. The third-order valence-corrected chi connectivity index (χ3v) is 5.90. The number of hydrogen-bond donors (Lipinski definition) is 1. The van der Waals surface area contributed by atoms with Crippen LogP contribution in [0.3, 0.4) is 0 Å². The van der Waals surface area contributed by atoms with Gasteiger partial charge in [0.15, 0.2) is 0 Å². The summed E-state index contributed by atoms with van der Waals surface area (Å²) in [4.78, 5) is 62.3. The van der Waals surface area contributed by atoms with E-state index in [1.807, 2.05) is 20.8 Å². The van der Waals surface area contributed by atoms with Crippen LogP contribution in [0.2, 0.25) is 0 Å². The molecule has 38 heavy (non-hydrogen) atoms. The first-order chi connectivity index (χ1) is 18.1. The fourth-order valence-electron chi connectivity index (χ4n) is 4.25. The van der Waals surface area contributed by atoms with Crippen LogP contribution >= 0.6 is 0 Å². The zero-order valence-corrected chi connectivity index (χ0v) is 22.2. The normalized spacial score (nSPS) is 17.6. The van der Waals surface area contributed by atoms with E-state index < -0.39 is 35.3 Å². The third kappa shape index (κ3) is 8.17. The molecule has 1 aromatic carbocycles. The minimum Gasteiger partial charge on any atom is -0.460 e. The van der Waals surface area contributed by atoms with E-state index in [1.54, 1.807) is 18.2 Å². The highest BCUT2D eigenvalue weighted by Gasteiger charge is 2.45. The Morgan fingerprint density at radius 1 is 0.947 bits per heavy atom. The molecule has 2 aliphatic rings.